The minimum atomic E-state index is -0.459. The third-order valence-electron chi connectivity index (χ3n) is 4.34. The molecule has 29 heavy (non-hydrogen) atoms. The molecule has 2 aromatic carbocycles. The average Bonchev–Trinajstić information content (AvgIpc) is 2.92. The van der Waals surface area contributed by atoms with Crippen LogP contribution >= 0.6 is 11.6 Å². The fraction of sp³-hybridized carbons (Fsp3) is 0.273. The van der Waals surface area contributed by atoms with Crippen LogP contribution in [0.25, 0.3) is 6.08 Å². The smallest absolute Gasteiger partial charge is 0.329 e. The lowest BCUT2D eigenvalue weighted by molar-refractivity contribution is -0.123. The number of nitrogens with zero attached hydrogens (tertiary/aromatic N) is 1. The van der Waals surface area contributed by atoms with E-state index in [1.807, 2.05) is 45.0 Å². The van der Waals surface area contributed by atoms with Crippen LogP contribution in [0.5, 0.6) is 11.5 Å². The first-order valence-corrected chi connectivity index (χ1v) is 9.60. The summed E-state index contributed by atoms with van der Waals surface area (Å²) in [4.78, 5) is 26.2. The normalized spacial score (nSPS) is 15.2. The number of aryl methyl sites for hydroxylation is 1. The molecule has 1 aliphatic rings. The molecule has 0 aliphatic carbocycles. The van der Waals surface area contributed by atoms with Crippen LogP contribution in [0, 0.1) is 6.92 Å². The van der Waals surface area contributed by atoms with Crippen molar-refractivity contribution in [2.24, 2.45) is 0 Å². The third-order valence-corrected chi connectivity index (χ3v) is 4.62. The number of hydrogen-bond acceptors (Lipinski definition) is 4. The second-order valence-corrected chi connectivity index (χ2v) is 7.47. The second kappa shape index (κ2) is 8.57. The second-order valence-electron chi connectivity index (χ2n) is 7.07. The number of hydrogen-bond donors (Lipinski definition) is 1. The molecule has 0 bridgehead atoms. The minimum Gasteiger partial charge on any atom is -0.493 e. The van der Waals surface area contributed by atoms with Gasteiger partial charge in [0.2, 0.25) is 0 Å². The first-order valence-electron chi connectivity index (χ1n) is 9.22. The fourth-order valence-electron chi connectivity index (χ4n) is 2.93. The summed E-state index contributed by atoms with van der Waals surface area (Å²) in [6.07, 6.45) is 1.50. The van der Waals surface area contributed by atoms with Crippen LogP contribution in [-0.2, 0) is 11.3 Å². The summed E-state index contributed by atoms with van der Waals surface area (Å²) in [6.45, 7) is 5.96. The standard InChI is InChI=1S/C22H23ClN2O4/c1-13(2)29-20-17(23)9-16(11-19(20)28-4)10-18-21(26)25(22(27)24-18)12-15-7-5-14(3)6-8-15/h5-11,13H,12H2,1-4H3,(H,24,27)/b18-10+. The Morgan fingerprint density at radius 1 is 1.17 bits per heavy atom. The summed E-state index contributed by atoms with van der Waals surface area (Å²) >= 11 is 6.34. The maximum Gasteiger partial charge on any atom is 0.329 e. The zero-order chi connectivity index (χ0) is 21.1. The molecule has 0 radical (unpaired) electrons. The van der Waals surface area contributed by atoms with E-state index in [1.165, 1.54) is 12.0 Å². The molecule has 1 saturated heterocycles. The lowest BCUT2D eigenvalue weighted by Gasteiger charge is -2.15. The van der Waals surface area contributed by atoms with Gasteiger partial charge in [0.05, 0.1) is 24.8 Å². The van der Waals surface area contributed by atoms with Gasteiger partial charge in [-0.1, -0.05) is 41.4 Å². The molecule has 2 aromatic rings. The highest BCUT2D eigenvalue weighted by Crippen LogP contribution is 2.37. The van der Waals surface area contributed by atoms with Gasteiger partial charge in [-0.3, -0.25) is 9.69 Å². The van der Waals surface area contributed by atoms with Gasteiger partial charge in [0.25, 0.3) is 5.91 Å². The van der Waals surface area contributed by atoms with Gasteiger partial charge in [-0.2, -0.15) is 0 Å². The van der Waals surface area contributed by atoms with Crippen molar-refractivity contribution in [2.45, 2.75) is 33.4 Å². The van der Waals surface area contributed by atoms with Crippen LogP contribution < -0.4 is 14.8 Å². The van der Waals surface area contributed by atoms with Gasteiger partial charge in [0.1, 0.15) is 5.70 Å². The number of nitrogens with one attached hydrogen (secondary N) is 1. The summed E-state index contributed by atoms with van der Waals surface area (Å²) in [7, 11) is 1.52. The lowest BCUT2D eigenvalue weighted by Crippen LogP contribution is -2.30. The van der Waals surface area contributed by atoms with Crippen molar-refractivity contribution in [1.82, 2.24) is 10.2 Å². The molecule has 0 unspecified atom stereocenters. The van der Waals surface area contributed by atoms with Crippen molar-refractivity contribution < 1.29 is 19.1 Å². The van der Waals surface area contributed by atoms with Gasteiger partial charge in [0, 0.05) is 0 Å². The van der Waals surface area contributed by atoms with Crippen molar-refractivity contribution in [2.75, 3.05) is 7.11 Å². The van der Waals surface area contributed by atoms with E-state index >= 15 is 0 Å². The predicted octanol–water partition coefficient (Wildman–Crippen LogP) is 4.54. The molecule has 152 valence electrons. The number of methoxy groups -OCH3 is 1. The average molecular weight is 415 g/mol. The summed E-state index contributed by atoms with van der Waals surface area (Å²) in [5, 5.41) is 2.98. The van der Waals surface area contributed by atoms with Gasteiger partial charge in [-0.25, -0.2) is 4.79 Å². The molecule has 1 fully saturated rings. The molecule has 3 amide bonds. The molecule has 7 heteroatoms. The van der Waals surface area contributed by atoms with Gasteiger partial charge >= 0.3 is 6.03 Å². The molecule has 0 saturated carbocycles. The van der Waals surface area contributed by atoms with E-state index in [1.54, 1.807) is 18.2 Å². The zero-order valence-electron chi connectivity index (χ0n) is 16.8. The van der Waals surface area contributed by atoms with E-state index in [4.69, 9.17) is 21.1 Å². The van der Waals surface area contributed by atoms with Crippen molar-refractivity contribution in [3.63, 3.8) is 0 Å². The minimum absolute atomic E-state index is 0.0726. The van der Waals surface area contributed by atoms with Crippen LogP contribution in [0.3, 0.4) is 0 Å². The molecule has 1 N–H and O–H groups in total. The molecule has 0 atom stereocenters. The van der Waals surface area contributed by atoms with Crippen molar-refractivity contribution in [3.8, 4) is 11.5 Å². The summed E-state index contributed by atoms with van der Waals surface area (Å²) in [5.74, 6) is 0.494. The molecule has 6 nitrogen and oxygen atoms in total. The first-order chi connectivity index (χ1) is 13.8. The van der Waals surface area contributed by atoms with Gasteiger partial charge in [-0.15, -0.1) is 0 Å². The van der Waals surface area contributed by atoms with E-state index in [9.17, 15) is 9.59 Å². The fourth-order valence-corrected chi connectivity index (χ4v) is 3.19. The highest BCUT2D eigenvalue weighted by Gasteiger charge is 2.33. The molecule has 0 spiro atoms. The Bertz CT molecular complexity index is 968. The van der Waals surface area contributed by atoms with Crippen LogP contribution in [0.15, 0.2) is 42.1 Å². The third kappa shape index (κ3) is 4.71. The SMILES string of the molecule is COc1cc(/C=C2/NC(=O)N(Cc3ccc(C)cc3)C2=O)cc(Cl)c1OC(C)C. The lowest BCUT2D eigenvalue weighted by atomic mass is 10.1. The monoisotopic (exact) mass is 414 g/mol. The van der Waals surface area contributed by atoms with Crippen LogP contribution in [0.1, 0.15) is 30.5 Å². The Balaban J connectivity index is 1.85. The van der Waals surface area contributed by atoms with Crippen molar-refractivity contribution in [1.29, 1.82) is 0 Å². The first kappa shape index (κ1) is 20.7. The Hall–Kier alpha value is -2.99. The van der Waals surface area contributed by atoms with E-state index in [0.29, 0.717) is 22.1 Å². The molecule has 1 heterocycles. The predicted molar refractivity (Wildman–Crippen MR) is 112 cm³/mol. The van der Waals surface area contributed by atoms with Crippen LogP contribution in [-0.4, -0.2) is 30.1 Å². The summed E-state index contributed by atoms with van der Waals surface area (Å²) < 4.78 is 11.1. The van der Waals surface area contributed by atoms with Crippen LogP contribution in [0.4, 0.5) is 4.79 Å². The van der Waals surface area contributed by atoms with E-state index in [2.05, 4.69) is 5.32 Å². The number of carbonyl (C=O) groups excluding carboxylic acids is 2. The number of imide groups is 1. The van der Waals surface area contributed by atoms with E-state index in [-0.39, 0.29) is 18.3 Å². The number of halogens is 1. The molecular weight excluding hydrogens is 392 g/mol. The quantitative estimate of drug-likeness (QED) is 0.556. The van der Waals surface area contributed by atoms with E-state index in [0.717, 1.165) is 11.1 Å². The Kier molecular flexibility index (Phi) is 6.13. The Labute approximate surface area is 175 Å². The van der Waals surface area contributed by atoms with E-state index < -0.39 is 11.9 Å². The van der Waals surface area contributed by atoms with Gasteiger partial charge in [0.15, 0.2) is 11.5 Å². The highest BCUT2D eigenvalue weighted by molar-refractivity contribution is 6.32. The number of benzene rings is 2. The largest absolute Gasteiger partial charge is 0.493 e. The number of ether oxygens (including phenoxy) is 2. The molecular formula is C22H23ClN2O4. The van der Waals surface area contributed by atoms with Gasteiger partial charge in [-0.05, 0) is 50.1 Å². The number of amides is 3. The number of urea groups is 1. The Morgan fingerprint density at radius 3 is 2.48 bits per heavy atom. The molecule has 1 aliphatic heterocycles. The number of rotatable bonds is 6. The van der Waals surface area contributed by atoms with Crippen molar-refractivity contribution in [3.05, 3.63) is 63.8 Å². The van der Waals surface area contributed by atoms with Crippen molar-refractivity contribution >= 4 is 29.6 Å². The zero-order valence-corrected chi connectivity index (χ0v) is 17.5. The maximum absolute atomic E-state index is 12.7. The molecule has 3 rings (SSSR count). The highest BCUT2D eigenvalue weighted by atomic mass is 35.5. The molecule has 0 aromatic heterocycles. The number of carbonyl (C=O) groups is 2. The topological polar surface area (TPSA) is 67.9 Å². The Morgan fingerprint density at radius 2 is 1.86 bits per heavy atom. The maximum atomic E-state index is 12.7. The summed E-state index contributed by atoms with van der Waals surface area (Å²) in [5.41, 5.74) is 2.78. The van der Waals surface area contributed by atoms with Gasteiger partial charge < -0.3 is 14.8 Å². The summed E-state index contributed by atoms with van der Waals surface area (Å²) in [6, 6.07) is 10.6. The van der Waals surface area contributed by atoms with Crippen LogP contribution in [0.2, 0.25) is 5.02 Å².